The predicted octanol–water partition coefficient (Wildman–Crippen LogP) is 1.54. The van der Waals surface area contributed by atoms with E-state index in [1.807, 2.05) is 29.6 Å². The van der Waals surface area contributed by atoms with E-state index in [4.69, 9.17) is 5.73 Å². The zero-order valence-corrected chi connectivity index (χ0v) is 9.94. The van der Waals surface area contributed by atoms with Crippen molar-refractivity contribution in [2.75, 3.05) is 12.5 Å². The molecule has 2 amide bonds. The van der Waals surface area contributed by atoms with Crippen molar-refractivity contribution < 1.29 is 4.79 Å². The molecule has 0 saturated heterocycles. The number of hydrogen-bond donors (Lipinski definition) is 2. The van der Waals surface area contributed by atoms with Crippen LogP contribution in [0.4, 0.5) is 10.5 Å². The van der Waals surface area contributed by atoms with Gasteiger partial charge in [-0.1, -0.05) is 16.6 Å². The van der Waals surface area contributed by atoms with Gasteiger partial charge >= 0.3 is 6.03 Å². The molecule has 88 valence electrons. The van der Waals surface area contributed by atoms with E-state index in [1.54, 1.807) is 7.05 Å². The maximum Gasteiger partial charge on any atom is 0.333 e. The van der Waals surface area contributed by atoms with Crippen molar-refractivity contribution in [2.24, 2.45) is 5.73 Å². The second-order valence-electron chi connectivity index (χ2n) is 3.38. The van der Waals surface area contributed by atoms with Gasteiger partial charge in [-0.05, 0) is 23.7 Å². The molecule has 1 heterocycles. The van der Waals surface area contributed by atoms with Crippen LogP contribution in [0.15, 0.2) is 29.6 Å². The summed E-state index contributed by atoms with van der Waals surface area (Å²) in [6.07, 6.45) is 0. The Balaban J connectivity index is 2.11. The number of carbonyl (C=O) groups is 1. The Morgan fingerprint density at radius 2 is 2.12 bits per heavy atom. The highest BCUT2D eigenvalue weighted by atomic mass is 32.1. The summed E-state index contributed by atoms with van der Waals surface area (Å²) in [6.45, 7) is 0. The van der Waals surface area contributed by atoms with Crippen LogP contribution >= 0.6 is 11.5 Å². The first kappa shape index (κ1) is 11.3. The molecule has 0 aliphatic rings. The summed E-state index contributed by atoms with van der Waals surface area (Å²) in [4.78, 5) is 10.8. The number of nitrogens with one attached hydrogen (secondary N) is 1. The fraction of sp³-hybridized carbons (Fsp3) is 0.100. The third-order valence-corrected chi connectivity index (χ3v) is 2.67. The van der Waals surface area contributed by atoms with Crippen LogP contribution in [0.3, 0.4) is 0 Å². The monoisotopic (exact) mass is 249 g/mol. The maximum atomic E-state index is 10.8. The van der Waals surface area contributed by atoms with Gasteiger partial charge in [0.25, 0.3) is 0 Å². The van der Waals surface area contributed by atoms with E-state index in [0.29, 0.717) is 0 Å². The molecule has 0 saturated carbocycles. The van der Waals surface area contributed by atoms with Crippen LogP contribution in [0.5, 0.6) is 0 Å². The smallest absolute Gasteiger partial charge is 0.333 e. The first-order valence-electron chi connectivity index (χ1n) is 4.84. The standard InChI is InChI=1S/C10H11N5OS/c1-15(10(11)16)13-8-4-2-7(3-5-8)9-6-17-14-12-9/h2-6,13H,1H3,(H2,11,16). The van der Waals surface area contributed by atoms with Crippen molar-refractivity contribution >= 4 is 23.3 Å². The molecular formula is C10H11N5OS. The van der Waals surface area contributed by atoms with Crippen LogP contribution in [0.25, 0.3) is 11.3 Å². The van der Waals surface area contributed by atoms with Gasteiger partial charge in [0, 0.05) is 18.0 Å². The van der Waals surface area contributed by atoms with Gasteiger partial charge in [-0.25, -0.2) is 9.80 Å². The van der Waals surface area contributed by atoms with Gasteiger partial charge in [-0.2, -0.15) is 0 Å². The van der Waals surface area contributed by atoms with Crippen LogP contribution < -0.4 is 11.2 Å². The third-order valence-electron chi connectivity index (χ3n) is 2.17. The lowest BCUT2D eigenvalue weighted by Crippen LogP contribution is -2.36. The number of carbonyl (C=O) groups excluding carboxylic acids is 1. The minimum atomic E-state index is -0.544. The van der Waals surface area contributed by atoms with E-state index in [-0.39, 0.29) is 0 Å². The molecule has 2 aromatic rings. The van der Waals surface area contributed by atoms with E-state index >= 15 is 0 Å². The highest BCUT2D eigenvalue weighted by molar-refractivity contribution is 7.03. The topological polar surface area (TPSA) is 84.1 Å². The number of nitrogens with two attached hydrogens (primary N) is 1. The highest BCUT2D eigenvalue weighted by Gasteiger charge is 2.04. The number of anilines is 1. The third kappa shape index (κ3) is 2.70. The maximum absolute atomic E-state index is 10.8. The largest absolute Gasteiger partial charge is 0.350 e. The molecule has 0 radical (unpaired) electrons. The highest BCUT2D eigenvalue weighted by Crippen LogP contribution is 2.20. The van der Waals surface area contributed by atoms with Crippen molar-refractivity contribution in [3.8, 4) is 11.3 Å². The molecule has 7 heteroatoms. The minimum absolute atomic E-state index is 0.544. The van der Waals surface area contributed by atoms with Crippen LogP contribution in [-0.4, -0.2) is 27.7 Å². The number of aromatic nitrogens is 2. The van der Waals surface area contributed by atoms with Gasteiger partial charge in [0.2, 0.25) is 0 Å². The van der Waals surface area contributed by atoms with Crippen LogP contribution in [0.2, 0.25) is 0 Å². The average molecular weight is 249 g/mol. The number of urea groups is 1. The molecule has 1 aromatic carbocycles. The zero-order valence-electron chi connectivity index (χ0n) is 9.12. The van der Waals surface area contributed by atoms with Gasteiger partial charge in [-0.15, -0.1) is 5.10 Å². The fourth-order valence-corrected chi connectivity index (χ4v) is 1.72. The van der Waals surface area contributed by atoms with Crippen LogP contribution in [0.1, 0.15) is 0 Å². The summed E-state index contributed by atoms with van der Waals surface area (Å²) < 4.78 is 3.80. The molecule has 0 aliphatic heterocycles. The van der Waals surface area contributed by atoms with Crippen molar-refractivity contribution in [3.05, 3.63) is 29.6 Å². The van der Waals surface area contributed by atoms with E-state index in [0.717, 1.165) is 16.9 Å². The quantitative estimate of drug-likeness (QED) is 0.808. The first-order valence-corrected chi connectivity index (χ1v) is 5.68. The Bertz CT molecular complexity index is 496. The number of benzene rings is 1. The van der Waals surface area contributed by atoms with E-state index in [1.165, 1.54) is 16.5 Å². The summed E-state index contributed by atoms with van der Waals surface area (Å²) in [5.74, 6) is 0. The number of primary amides is 1. The van der Waals surface area contributed by atoms with Crippen molar-refractivity contribution in [3.63, 3.8) is 0 Å². The summed E-state index contributed by atoms with van der Waals surface area (Å²) in [5, 5.41) is 7.05. The fourth-order valence-electron chi connectivity index (χ4n) is 1.25. The molecule has 0 aliphatic carbocycles. The molecule has 0 atom stereocenters. The predicted molar refractivity (Wildman–Crippen MR) is 66.3 cm³/mol. The van der Waals surface area contributed by atoms with E-state index in [2.05, 4.69) is 15.0 Å². The summed E-state index contributed by atoms with van der Waals surface area (Å²) >= 11 is 1.31. The molecular weight excluding hydrogens is 238 g/mol. The summed E-state index contributed by atoms with van der Waals surface area (Å²) in [5.41, 5.74) is 10.5. The lowest BCUT2D eigenvalue weighted by Gasteiger charge is -2.16. The Morgan fingerprint density at radius 3 is 2.65 bits per heavy atom. The molecule has 0 fully saturated rings. The number of hydrazine groups is 1. The molecule has 6 nitrogen and oxygen atoms in total. The normalized spacial score (nSPS) is 9.94. The van der Waals surface area contributed by atoms with Gasteiger partial charge in [-0.3, -0.25) is 5.43 Å². The molecule has 17 heavy (non-hydrogen) atoms. The Hall–Kier alpha value is -2.15. The Kier molecular flexibility index (Phi) is 3.20. The minimum Gasteiger partial charge on any atom is -0.350 e. The van der Waals surface area contributed by atoms with E-state index in [9.17, 15) is 4.79 Å². The van der Waals surface area contributed by atoms with Crippen LogP contribution in [-0.2, 0) is 0 Å². The van der Waals surface area contributed by atoms with E-state index < -0.39 is 6.03 Å². The second-order valence-corrected chi connectivity index (χ2v) is 3.99. The number of amides is 2. The zero-order chi connectivity index (χ0) is 12.3. The van der Waals surface area contributed by atoms with Crippen molar-refractivity contribution in [1.82, 2.24) is 14.6 Å². The van der Waals surface area contributed by atoms with Gasteiger partial charge in [0.1, 0.15) is 5.69 Å². The molecule has 3 N–H and O–H groups in total. The lowest BCUT2D eigenvalue weighted by atomic mass is 10.1. The molecule has 0 spiro atoms. The van der Waals surface area contributed by atoms with Crippen LogP contribution in [0, 0.1) is 0 Å². The molecule has 0 unspecified atom stereocenters. The molecule has 1 aromatic heterocycles. The van der Waals surface area contributed by atoms with Gasteiger partial charge < -0.3 is 5.73 Å². The van der Waals surface area contributed by atoms with Crippen molar-refractivity contribution in [2.45, 2.75) is 0 Å². The van der Waals surface area contributed by atoms with Gasteiger partial charge in [0.05, 0.1) is 5.69 Å². The molecule has 0 bridgehead atoms. The number of nitrogens with zero attached hydrogens (tertiary/aromatic N) is 3. The lowest BCUT2D eigenvalue weighted by molar-refractivity contribution is 0.226. The molecule has 2 rings (SSSR count). The second kappa shape index (κ2) is 4.79. The Morgan fingerprint density at radius 1 is 1.41 bits per heavy atom. The first-order chi connectivity index (χ1) is 8.16. The number of rotatable bonds is 3. The van der Waals surface area contributed by atoms with Gasteiger partial charge in [0.15, 0.2) is 0 Å². The SMILES string of the molecule is CN(Nc1ccc(-c2csnn2)cc1)C(N)=O. The average Bonchev–Trinajstić information content (AvgIpc) is 2.83. The summed E-state index contributed by atoms with van der Waals surface area (Å²) in [6, 6.07) is 6.93. The number of hydrogen-bond acceptors (Lipinski definition) is 5. The summed E-state index contributed by atoms with van der Waals surface area (Å²) in [7, 11) is 1.56. The Labute approximate surface area is 102 Å². The van der Waals surface area contributed by atoms with Crippen molar-refractivity contribution in [1.29, 1.82) is 0 Å².